The molecule has 1 aromatic carbocycles. The van der Waals surface area contributed by atoms with E-state index in [1.807, 2.05) is 0 Å². The van der Waals surface area contributed by atoms with E-state index in [1.54, 1.807) is 6.92 Å². The fourth-order valence-electron chi connectivity index (χ4n) is 2.34. The van der Waals surface area contributed by atoms with Gasteiger partial charge in [-0.05, 0) is 31.2 Å². The fraction of sp³-hybridized carbons (Fsp3) is 0.200. The van der Waals surface area contributed by atoms with Crippen molar-refractivity contribution in [3.63, 3.8) is 0 Å². The Bertz CT molecular complexity index is 1020. The number of nitrogens with zero attached hydrogens (tertiary/aromatic N) is 3. The summed E-state index contributed by atoms with van der Waals surface area (Å²) >= 11 is 0. The molecule has 0 bridgehead atoms. The zero-order valence-corrected chi connectivity index (χ0v) is 14.7. The lowest BCUT2D eigenvalue weighted by molar-refractivity contribution is 0.0133. The number of rotatable bonds is 4. The largest absolute Gasteiger partial charge is 0.341 e. The molecule has 0 spiro atoms. The molecule has 0 saturated heterocycles. The van der Waals surface area contributed by atoms with Gasteiger partial charge in [-0.1, -0.05) is 19.4 Å². The summed E-state index contributed by atoms with van der Waals surface area (Å²) in [7, 11) is -9.76. The van der Waals surface area contributed by atoms with Crippen LogP contribution in [0.1, 0.15) is 18.3 Å². The van der Waals surface area contributed by atoms with E-state index >= 15 is 0 Å². The molecular weight excluding hydrogens is 401 g/mol. The minimum atomic E-state index is -9.76. The summed E-state index contributed by atoms with van der Waals surface area (Å²) in [6.45, 7) is 2.23. The topological polar surface area (TPSA) is 42.2 Å². The number of benzene rings is 1. The van der Waals surface area contributed by atoms with Crippen LogP contribution in [0.3, 0.4) is 0 Å². The van der Waals surface area contributed by atoms with Crippen molar-refractivity contribution in [2.45, 2.75) is 24.7 Å². The van der Waals surface area contributed by atoms with Gasteiger partial charge in [0.05, 0.1) is 0 Å². The summed E-state index contributed by atoms with van der Waals surface area (Å²) in [6, 6.07) is 3.61. The van der Waals surface area contributed by atoms with Crippen LogP contribution >= 0.6 is 10.2 Å². The van der Waals surface area contributed by atoms with Crippen LogP contribution < -0.4 is 5.32 Å². The number of hydrogen-bond acceptors (Lipinski definition) is 3. The monoisotopic (exact) mass is 414 g/mol. The van der Waals surface area contributed by atoms with Crippen molar-refractivity contribution >= 4 is 27.5 Å². The molecule has 0 radical (unpaired) electrons. The Morgan fingerprint density at radius 2 is 1.59 bits per heavy atom. The van der Waals surface area contributed by atoms with Crippen LogP contribution in [-0.4, -0.2) is 14.4 Å². The Kier molecular flexibility index (Phi) is 3.61. The summed E-state index contributed by atoms with van der Waals surface area (Å²) in [6.07, 6.45) is 1.03. The normalized spacial score (nSPS) is 15.4. The Hall–Kier alpha value is -2.50. The number of anilines is 2. The van der Waals surface area contributed by atoms with Crippen LogP contribution in [0.15, 0.2) is 41.4 Å². The van der Waals surface area contributed by atoms with Crippen molar-refractivity contribution in [1.82, 2.24) is 14.4 Å². The maximum Gasteiger partial charge on any atom is 0.310 e. The molecule has 0 amide bonds. The second kappa shape index (κ2) is 5.06. The smallest absolute Gasteiger partial charge is 0.310 e. The molecule has 2 aromatic heterocycles. The van der Waals surface area contributed by atoms with Crippen molar-refractivity contribution in [3.8, 4) is 0 Å². The third kappa shape index (κ3) is 4.10. The van der Waals surface area contributed by atoms with Crippen LogP contribution in [0.25, 0.3) is 5.78 Å². The van der Waals surface area contributed by atoms with Crippen LogP contribution in [0.2, 0.25) is 0 Å². The van der Waals surface area contributed by atoms with Crippen LogP contribution in [-0.2, 0) is 5.92 Å². The quantitative estimate of drug-likeness (QED) is 0.492. The first-order chi connectivity index (χ1) is 12.0. The SMILES string of the molecule is Cc1cc(Nc2ccc(S(F)(F)(F)(F)F)cc2)n2cc(C(C)(F)F)nc2n1. The highest BCUT2D eigenvalue weighted by Gasteiger charge is 2.65. The number of aryl methyl sites for hydroxylation is 1. The molecule has 0 aliphatic carbocycles. The van der Waals surface area contributed by atoms with E-state index < -0.39 is 26.7 Å². The van der Waals surface area contributed by atoms with Crippen molar-refractivity contribution in [2.24, 2.45) is 0 Å². The molecule has 27 heavy (non-hydrogen) atoms. The first kappa shape index (κ1) is 19.3. The molecule has 0 aliphatic heterocycles. The second-order valence-corrected chi connectivity index (χ2v) is 8.49. The molecule has 2 heterocycles. The van der Waals surface area contributed by atoms with Gasteiger partial charge in [0.1, 0.15) is 16.4 Å². The number of imidazole rings is 1. The number of fused-ring (bicyclic) bond motifs is 1. The highest BCUT2D eigenvalue weighted by molar-refractivity contribution is 8.45. The minimum absolute atomic E-state index is 0.0438. The lowest BCUT2D eigenvalue weighted by atomic mass is 10.3. The molecule has 0 saturated carbocycles. The average molecular weight is 414 g/mol. The molecule has 148 valence electrons. The van der Waals surface area contributed by atoms with E-state index in [-0.39, 0.29) is 29.4 Å². The molecule has 0 fully saturated rings. The molecule has 12 heteroatoms. The lowest BCUT2D eigenvalue weighted by Gasteiger charge is -2.40. The Balaban J connectivity index is 2.01. The summed E-state index contributed by atoms with van der Waals surface area (Å²) in [5, 5.41) is 2.70. The van der Waals surface area contributed by atoms with Crippen molar-refractivity contribution in [3.05, 3.63) is 47.9 Å². The minimum Gasteiger partial charge on any atom is -0.341 e. The van der Waals surface area contributed by atoms with Gasteiger partial charge < -0.3 is 5.32 Å². The molecule has 3 rings (SSSR count). The predicted octanol–water partition coefficient (Wildman–Crippen LogP) is 6.55. The fourth-order valence-corrected chi connectivity index (χ4v) is 2.99. The Morgan fingerprint density at radius 3 is 2.11 bits per heavy atom. The molecular formula is C15H13F7N4S. The van der Waals surface area contributed by atoms with Gasteiger partial charge >= 0.3 is 10.2 Å². The molecule has 1 N–H and O–H groups in total. The Morgan fingerprint density at radius 1 is 1.00 bits per heavy atom. The number of halogens is 7. The Labute approximate surface area is 148 Å². The highest BCUT2D eigenvalue weighted by atomic mass is 32.5. The van der Waals surface area contributed by atoms with Crippen molar-refractivity contribution < 1.29 is 28.2 Å². The van der Waals surface area contributed by atoms with Gasteiger partial charge in [0, 0.05) is 30.6 Å². The maximum atomic E-state index is 13.5. The van der Waals surface area contributed by atoms with E-state index in [0.717, 1.165) is 18.3 Å². The van der Waals surface area contributed by atoms with Gasteiger partial charge in [-0.2, -0.15) is 8.78 Å². The first-order valence-electron chi connectivity index (χ1n) is 7.39. The predicted molar refractivity (Wildman–Crippen MR) is 88.4 cm³/mol. The lowest BCUT2D eigenvalue weighted by Crippen LogP contribution is -2.07. The van der Waals surface area contributed by atoms with Gasteiger partial charge in [-0.3, -0.25) is 4.40 Å². The summed E-state index contributed by atoms with van der Waals surface area (Å²) in [5.74, 6) is -3.08. The van der Waals surface area contributed by atoms with Gasteiger partial charge in [0.25, 0.3) is 5.92 Å². The van der Waals surface area contributed by atoms with E-state index in [4.69, 9.17) is 0 Å². The molecule has 3 aromatic rings. The number of aromatic nitrogens is 3. The second-order valence-electron chi connectivity index (χ2n) is 6.09. The zero-order valence-electron chi connectivity index (χ0n) is 13.9. The van der Waals surface area contributed by atoms with Gasteiger partial charge in [-0.25, -0.2) is 9.97 Å². The molecule has 0 aliphatic rings. The van der Waals surface area contributed by atoms with Crippen LogP contribution in [0.4, 0.5) is 39.7 Å². The zero-order chi connectivity index (χ0) is 20.3. The van der Waals surface area contributed by atoms with E-state index in [9.17, 15) is 28.2 Å². The van der Waals surface area contributed by atoms with Crippen LogP contribution in [0.5, 0.6) is 0 Å². The molecule has 0 unspecified atom stereocenters. The van der Waals surface area contributed by atoms with Gasteiger partial charge in [-0.15, -0.1) is 0 Å². The third-order valence-electron chi connectivity index (χ3n) is 3.59. The first-order valence-corrected chi connectivity index (χ1v) is 9.34. The summed E-state index contributed by atoms with van der Waals surface area (Å²) in [5.41, 5.74) is -0.0869. The number of hydrogen-bond donors (Lipinski definition) is 1. The highest BCUT2D eigenvalue weighted by Crippen LogP contribution is 3.02. The average Bonchev–Trinajstić information content (AvgIpc) is 2.89. The van der Waals surface area contributed by atoms with Crippen molar-refractivity contribution in [2.75, 3.05) is 5.32 Å². The molecule has 4 nitrogen and oxygen atoms in total. The van der Waals surface area contributed by atoms with Crippen molar-refractivity contribution in [1.29, 1.82) is 0 Å². The van der Waals surface area contributed by atoms with Gasteiger partial charge in [0.15, 0.2) is 0 Å². The number of alkyl halides is 2. The number of nitrogens with one attached hydrogen (secondary N) is 1. The molecule has 0 atom stereocenters. The van der Waals surface area contributed by atoms with E-state index in [2.05, 4.69) is 15.3 Å². The van der Waals surface area contributed by atoms with E-state index in [0.29, 0.717) is 12.6 Å². The van der Waals surface area contributed by atoms with E-state index in [1.165, 1.54) is 10.5 Å². The van der Waals surface area contributed by atoms with Crippen LogP contribution in [0, 0.1) is 6.92 Å². The summed E-state index contributed by atoms with van der Waals surface area (Å²) in [4.78, 5) is 5.72. The third-order valence-corrected chi connectivity index (χ3v) is 4.75. The standard InChI is InChI=1S/C15H13F7N4S/c1-9-7-13(26-8-12(15(2,16)17)25-14(26)23-9)24-10-3-5-11(6-4-10)27(18,19,20,21)22/h3-8,24H,1-2H3. The summed E-state index contributed by atoms with van der Waals surface area (Å²) < 4.78 is 92.0. The van der Waals surface area contributed by atoms with Gasteiger partial charge in [0.2, 0.25) is 5.78 Å². The maximum absolute atomic E-state index is 13.5.